The molecule has 3 nitrogen and oxygen atoms in total. The van der Waals surface area contributed by atoms with E-state index in [9.17, 15) is 0 Å². The zero-order valence-corrected chi connectivity index (χ0v) is 8.42. The molecule has 72 valence electrons. The van der Waals surface area contributed by atoms with Gasteiger partial charge in [-0.1, -0.05) is 6.92 Å². The third kappa shape index (κ3) is 1.91. The highest BCUT2D eigenvalue weighted by Crippen LogP contribution is 2.25. The van der Waals surface area contributed by atoms with Crippen LogP contribution in [0.5, 0.6) is 5.88 Å². The Morgan fingerprint density at radius 3 is 2.69 bits per heavy atom. The molecule has 0 aromatic carbocycles. The third-order valence-electron chi connectivity index (χ3n) is 2.02. The Bertz CT molecular complexity index is 297. The Kier molecular flexibility index (Phi) is 3.12. The Balaban J connectivity index is 3.13. The van der Waals surface area contributed by atoms with E-state index in [4.69, 9.17) is 10.5 Å². The molecular formula is C10H16N2O. The molecule has 1 aromatic rings. The Morgan fingerprint density at radius 2 is 2.15 bits per heavy atom. The Labute approximate surface area is 78.9 Å². The van der Waals surface area contributed by atoms with Gasteiger partial charge in [-0.2, -0.15) is 0 Å². The van der Waals surface area contributed by atoms with Gasteiger partial charge in [0.2, 0.25) is 5.88 Å². The van der Waals surface area contributed by atoms with Crippen LogP contribution in [0.3, 0.4) is 0 Å². The molecule has 2 N–H and O–H groups in total. The summed E-state index contributed by atoms with van der Waals surface area (Å²) < 4.78 is 5.37. The van der Waals surface area contributed by atoms with Crippen molar-refractivity contribution in [1.29, 1.82) is 0 Å². The van der Waals surface area contributed by atoms with Gasteiger partial charge in [0.05, 0.1) is 6.61 Å². The molecular weight excluding hydrogens is 164 g/mol. The van der Waals surface area contributed by atoms with Crippen molar-refractivity contribution in [2.45, 2.75) is 27.2 Å². The van der Waals surface area contributed by atoms with Crippen molar-refractivity contribution in [3.05, 3.63) is 17.3 Å². The zero-order chi connectivity index (χ0) is 9.84. The lowest BCUT2D eigenvalue weighted by atomic mass is 10.1. The van der Waals surface area contributed by atoms with Crippen LogP contribution in [-0.4, -0.2) is 11.6 Å². The minimum atomic E-state index is 0.627. The molecule has 0 bridgehead atoms. The molecule has 0 aliphatic rings. The van der Waals surface area contributed by atoms with Crippen molar-refractivity contribution >= 4 is 5.69 Å². The zero-order valence-electron chi connectivity index (χ0n) is 8.42. The molecule has 1 heterocycles. The quantitative estimate of drug-likeness (QED) is 0.773. The summed E-state index contributed by atoms with van der Waals surface area (Å²) in [5, 5.41) is 0. The maximum Gasteiger partial charge on any atom is 0.218 e. The molecule has 0 fully saturated rings. The molecule has 0 atom stereocenters. The second kappa shape index (κ2) is 4.12. The summed E-state index contributed by atoms with van der Waals surface area (Å²) in [5.41, 5.74) is 8.74. The minimum absolute atomic E-state index is 0.627. The van der Waals surface area contributed by atoms with Gasteiger partial charge >= 0.3 is 0 Å². The number of ether oxygens (including phenoxy) is 1. The molecule has 0 radical (unpaired) electrons. The largest absolute Gasteiger partial charge is 0.478 e. The lowest BCUT2D eigenvalue weighted by Gasteiger charge is -2.11. The minimum Gasteiger partial charge on any atom is -0.478 e. The molecule has 3 heteroatoms. The summed E-state index contributed by atoms with van der Waals surface area (Å²) in [6.45, 7) is 6.58. The molecule has 0 saturated carbocycles. The Morgan fingerprint density at radius 1 is 1.46 bits per heavy atom. The fourth-order valence-electron chi connectivity index (χ4n) is 1.26. The third-order valence-corrected chi connectivity index (χ3v) is 2.02. The van der Waals surface area contributed by atoms with Crippen LogP contribution in [0.25, 0.3) is 0 Å². The summed E-state index contributed by atoms with van der Waals surface area (Å²) in [7, 11) is 0. The van der Waals surface area contributed by atoms with Gasteiger partial charge < -0.3 is 10.5 Å². The topological polar surface area (TPSA) is 48.1 Å². The van der Waals surface area contributed by atoms with Gasteiger partial charge in [-0.15, -0.1) is 0 Å². The van der Waals surface area contributed by atoms with Crippen molar-refractivity contribution in [3.8, 4) is 5.88 Å². The summed E-state index contributed by atoms with van der Waals surface area (Å²) in [5.74, 6) is 0.674. The van der Waals surface area contributed by atoms with Gasteiger partial charge in [0, 0.05) is 17.4 Å². The van der Waals surface area contributed by atoms with Gasteiger partial charge in [0.25, 0.3) is 0 Å². The molecule has 13 heavy (non-hydrogen) atoms. The first-order valence-electron chi connectivity index (χ1n) is 4.57. The normalized spacial score (nSPS) is 10.1. The standard InChI is InChI=1S/C10H16N2O/c1-4-8-9(11)7(3)6-12-10(8)13-5-2/h6H,4-5H2,1-3H3,(H2,11,12). The summed E-state index contributed by atoms with van der Waals surface area (Å²) >= 11 is 0. The van der Waals surface area contributed by atoms with Crippen molar-refractivity contribution in [2.75, 3.05) is 12.3 Å². The molecule has 1 rings (SSSR count). The maximum atomic E-state index is 5.90. The number of aryl methyl sites for hydroxylation is 1. The first-order valence-corrected chi connectivity index (χ1v) is 4.57. The number of nitrogens with two attached hydrogens (primary N) is 1. The lowest BCUT2D eigenvalue weighted by molar-refractivity contribution is 0.323. The van der Waals surface area contributed by atoms with Gasteiger partial charge in [-0.05, 0) is 25.8 Å². The van der Waals surface area contributed by atoms with Crippen LogP contribution in [-0.2, 0) is 6.42 Å². The molecule has 0 aliphatic carbocycles. The number of rotatable bonds is 3. The number of hydrogen-bond acceptors (Lipinski definition) is 3. The lowest BCUT2D eigenvalue weighted by Crippen LogP contribution is -2.04. The predicted molar refractivity (Wildman–Crippen MR) is 53.9 cm³/mol. The second-order valence-corrected chi connectivity index (χ2v) is 2.93. The highest BCUT2D eigenvalue weighted by atomic mass is 16.5. The van der Waals surface area contributed by atoms with E-state index in [2.05, 4.69) is 11.9 Å². The number of hydrogen-bond donors (Lipinski definition) is 1. The number of nitrogens with zero attached hydrogens (tertiary/aromatic N) is 1. The predicted octanol–water partition coefficient (Wildman–Crippen LogP) is 1.93. The van der Waals surface area contributed by atoms with E-state index in [0.717, 1.165) is 23.2 Å². The van der Waals surface area contributed by atoms with E-state index in [1.165, 1.54) is 0 Å². The molecule has 1 aromatic heterocycles. The molecule has 0 spiro atoms. The van der Waals surface area contributed by atoms with Crippen LogP contribution < -0.4 is 10.5 Å². The number of pyridine rings is 1. The summed E-state index contributed by atoms with van der Waals surface area (Å²) in [6.07, 6.45) is 2.61. The van der Waals surface area contributed by atoms with E-state index in [-0.39, 0.29) is 0 Å². The van der Waals surface area contributed by atoms with Crippen LogP contribution in [0.1, 0.15) is 25.0 Å². The van der Waals surface area contributed by atoms with Crippen molar-refractivity contribution in [2.24, 2.45) is 0 Å². The van der Waals surface area contributed by atoms with Crippen molar-refractivity contribution < 1.29 is 4.74 Å². The van der Waals surface area contributed by atoms with Crippen LogP contribution in [0, 0.1) is 6.92 Å². The van der Waals surface area contributed by atoms with Crippen molar-refractivity contribution in [1.82, 2.24) is 4.98 Å². The summed E-state index contributed by atoms with van der Waals surface area (Å²) in [6, 6.07) is 0. The molecule has 0 aliphatic heterocycles. The first kappa shape index (κ1) is 9.84. The van der Waals surface area contributed by atoms with E-state index in [1.54, 1.807) is 6.20 Å². The number of aromatic nitrogens is 1. The molecule has 0 amide bonds. The van der Waals surface area contributed by atoms with Gasteiger partial charge in [0.15, 0.2) is 0 Å². The van der Waals surface area contributed by atoms with Crippen LogP contribution in [0.2, 0.25) is 0 Å². The number of anilines is 1. The Hall–Kier alpha value is -1.25. The first-order chi connectivity index (χ1) is 6.20. The molecule has 0 saturated heterocycles. The van der Waals surface area contributed by atoms with Crippen LogP contribution >= 0.6 is 0 Å². The SMILES string of the molecule is CCOc1ncc(C)c(N)c1CC. The van der Waals surface area contributed by atoms with Crippen LogP contribution in [0.4, 0.5) is 5.69 Å². The van der Waals surface area contributed by atoms with Gasteiger partial charge in [-0.25, -0.2) is 4.98 Å². The average Bonchev–Trinajstić information content (AvgIpc) is 2.12. The van der Waals surface area contributed by atoms with Gasteiger partial charge in [0.1, 0.15) is 0 Å². The monoisotopic (exact) mass is 180 g/mol. The van der Waals surface area contributed by atoms with E-state index in [0.29, 0.717) is 12.5 Å². The van der Waals surface area contributed by atoms with Crippen LogP contribution in [0.15, 0.2) is 6.20 Å². The van der Waals surface area contributed by atoms with Crippen molar-refractivity contribution in [3.63, 3.8) is 0 Å². The molecule has 0 unspecified atom stereocenters. The average molecular weight is 180 g/mol. The fraction of sp³-hybridized carbons (Fsp3) is 0.500. The second-order valence-electron chi connectivity index (χ2n) is 2.93. The smallest absolute Gasteiger partial charge is 0.218 e. The summed E-state index contributed by atoms with van der Waals surface area (Å²) in [4.78, 5) is 4.20. The number of nitrogen functional groups attached to an aromatic ring is 1. The van der Waals surface area contributed by atoms with E-state index in [1.807, 2.05) is 13.8 Å². The van der Waals surface area contributed by atoms with E-state index < -0.39 is 0 Å². The highest BCUT2D eigenvalue weighted by molar-refractivity contribution is 5.56. The van der Waals surface area contributed by atoms with E-state index >= 15 is 0 Å². The maximum absolute atomic E-state index is 5.90. The highest BCUT2D eigenvalue weighted by Gasteiger charge is 2.08. The fourth-order valence-corrected chi connectivity index (χ4v) is 1.26. The van der Waals surface area contributed by atoms with Gasteiger partial charge in [-0.3, -0.25) is 0 Å².